The number of nitrogens with zero attached hydrogens (tertiary/aromatic N) is 4. The molecule has 0 atom stereocenters. The van der Waals surface area contributed by atoms with E-state index in [9.17, 15) is 18.0 Å². The summed E-state index contributed by atoms with van der Waals surface area (Å²) in [4.78, 5) is 25.5. The molecule has 0 aliphatic carbocycles. The summed E-state index contributed by atoms with van der Waals surface area (Å²) in [7, 11) is 1.56. The van der Waals surface area contributed by atoms with Gasteiger partial charge in [0.1, 0.15) is 11.6 Å². The van der Waals surface area contributed by atoms with Gasteiger partial charge in [-0.1, -0.05) is 18.2 Å². The number of rotatable bonds is 7. The van der Waals surface area contributed by atoms with Gasteiger partial charge in [0, 0.05) is 18.2 Å². The number of ether oxygens (including phenoxy) is 2. The Morgan fingerprint density at radius 1 is 1.06 bits per heavy atom. The standard InChI is InChI=1S/C26H23F3N4O3/c1-4-36-25(34)21-13-20(18-6-8-19(9-7-18)26(27,28)29)31-24(32-21)12-17-5-10-22(23(11-17)35-3)33-14-16(2)30-15-33/h5-11,13-15H,4,12H2,1-3H3. The summed E-state index contributed by atoms with van der Waals surface area (Å²) in [6.07, 6.45) is -0.637. The van der Waals surface area contributed by atoms with Gasteiger partial charge in [-0.25, -0.2) is 19.7 Å². The van der Waals surface area contributed by atoms with Gasteiger partial charge in [0.05, 0.1) is 42.7 Å². The average molecular weight is 496 g/mol. The first-order chi connectivity index (χ1) is 17.2. The van der Waals surface area contributed by atoms with Crippen LogP contribution < -0.4 is 4.74 Å². The molecule has 2 heterocycles. The van der Waals surface area contributed by atoms with Gasteiger partial charge >= 0.3 is 12.1 Å². The maximum absolute atomic E-state index is 13.0. The van der Waals surface area contributed by atoms with Crippen molar-refractivity contribution in [3.05, 3.63) is 89.4 Å². The van der Waals surface area contributed by atoms with Crippen molar-refractivity contribution in [3.8, 4) is 22.7 Å². The van der Waals surface area contributed by atoms with E-state index in [1.165, 1.54) is 18.2 Å². The smallest absolute Gasteiger partial charge is 0.416 e. The zero-order valence-electron chi connectivity index (χ0n) is 19.8. The topological polar surface area (TPSA) is 79.1 Å². The number of alkyl halides is 3. The van der Waals surface area contributed by atoms with Crippen LogP contribution in [-0.2, 0) is 17.3 Å². The number of aromatic nitrogens is 4. The van der Waals surface area contributed by atoms with Gasteiger partial charge in [0.25, 0.3) is 0 Å². The third-order valence-electron chi connectivity index (χ3n) is 5.36. The Kier molecular flexibility index (Phi) is 7.05. The van der Waals surface area contributed by atoms with Crippen LogP contribution in [0.15, 0.2) is 61.1 Å². The summed E-state index contributed by atoms with van der Waals surface area (Å²) in [5.41, 5.74) is 2.46. The van der Waals surface area contributed by atoms with Crippen molar-refractivity contribution in [2.24, 2.45) is 0 Å². The van der Waals surface area contributed by atoms with Crippen LogP contribution in [0.5, 0.6) is 5.75 Å². The van der Waals surface area contributed by atoms with Crippen molar-refractivity contribution in [2.45, 2.75) is 26.4 Å². The van der Waals surface area contributed by atoms with Crippen LogP contribution in [0, 0.1) is 6.92 Å². The summed E-state index contributed by atoms with van der Waals surface area (Å²) in [5.74, 6) is 0.274. The summed E-state index contributed by atoms with van der Waals surface area (Å²) in [5, 5.41) is 0. The molecular formula is C26H23F3N4O3. The molecule has 0 saturated carbocycles. The van der Waals surface area contributed by atoms with Crippen molar-refractivity contribution in [3.63, 3.8) is 0 Å². The molecule has 2 aromatic heterocycles. The molecule has 2 aromatic carbocycles. The van der Waals surface area contributed by atoms with Gasteiger partial charge in [-0.2, -0.15) is 13.2 Å². The molecule has 0 N–H and O–H groups in total. The van der Waals surface area contributed by atoms with Crippen LogP contribution in [0.1, 0.15) is 40.1 Å². The van der Waals surface area contributed by atoms with Crippen molar-refractivity contribution < 1.29 is 27.4 Å². The van der Waals surface area contributed by atoms with Crippen LogP contribution >= 0.6 is 0 Å². The first-order valence-corrected chi connectivity index (χ1v) is 11.1. The molecule has 36 heavy (non-hydrogen) atoms. The number of carbonyl (C=O) groups excluding carboxylic acids is 1. The maximum Gasteiger partial charge on any atom is 0.416 e. The van der Waals surface area contributed by atoms with Crippen molar-refractivity contribution in [1.82, 2.24) is 19.5 Å². The molecule has 10 heteroatoms. The Bertz CT molecular complexity index is 1380. The van der Waals surface area contributed by atoms with E-state index in [2.05, 4.69) is 15.0 Å². The van der Waals surface area contributed by atoms with E-state index in [-0.39, 0.29) is 18.7 Å². The van der Waals surface area contributed by atoms with E-state index in [0.29, 0.717) is 22.8 Å². The Morgan fingerprint density at radius 3 is 2.42 bits per heavy atom. The number of imidazole rings is 1. The first kappa shape index (κ1) is 24.9. The monoisotopic (exact) mass is 496 g/mol. The third kappa shape index (κ3) is 5.54. The molecular weight excluding hydrogens is 473 g/mol. The number of benzene rings is 2. The van der Waals surface area contributed by atoms with Crippen LogP contribution in [0.25, 0.3) is 16.9 Å². The fraction of sp³-hybridized carbons (Fsp3) is 0.231. The highest BCUT2D eigenvalue weighted by molar-refractivity contribution is 5.88. The summed E-state index contributed by atoms with van der Waals surface area (Å²) < 4.78 is 51.4. The highest BCUT2D eigenvalue weighted by Gasteiger charge is 2.30. The van der Waals surface area contributed by atoms with E-state index in [4.69, 9.17) is 9.47 Å². The number of aryl methyl sites for hydroxylation is 1. The van der Waals surface area contributed by atoms with Crippen LogP contribution in [0.2, 0.25) is 0 Å². The SMILES string of the molecule is CCOC(=O)c1cc(-c2ccc(C(F)(F)F)cc2)nc(Cc2ccc(-n3cnc(C)c3)c(OC)c2)n1. The second kappa shape index (κ2) is 10.2. The van der Waals surface area contributed by atoms with Gasteiger partial charge in [0.2, 0.25) is 0 Å². The van der Waals surface area contributed by atoms with Crippen molar-refractivity contribution >= 4 is 5.97 Å². The normalized spacial score (nSPS) is 11.4. The summed E-state index contributed by atoms with van der Waals surface area (Å²) >= 11 is 0. The predicted molar refractivity (Wildman–Crippen MR) is 126 cm³/mol. The molecule has 0 spiro atoms. The lowest BCUT2D eigenvalue weighted by atomic mass is 10.1. The van der Waals surface area contributed by atoms with Gasteiger partial charge in [-0.3, -0.25) is 0 Å². The van der Waals surface area contributed by atoms with E-state index >= 15 is 0 Å². The Hall–Kier alpha value is -4.21. The zero-order valence-corrected chi connectivity index (χ0v) is 19.8. The predicted octanol–water partition coefficient (Wildman–Crippen LogP) is 5.43. The number of hydrogen-bond acceptors (Lipinski definition) is 6. The maximum atomic E-state index is 13.0. The molecule has 186 valence electrons. The number of methoxy groups -OCH3 is 1. The largest absolute Gasteiger partial charge is 0.495 e. The molecule has 0 bridgehead atoms. The molecule has 4 aromatic rings. The lowest BCUT2D eigenvalue weighted by molar-refractivity contribution is -0.137. The molecule has 0 aliphatic heterocycles. The van der Waals surface area contributed by atoms with Gasteiger partial charge in [-0.05, 0) is 49.7 Å². The molecule has 0 amide bonds. The lowest BCUT2D eigenvalue weighted by Gasteiger charge is -2.12. The van der Waals surface area contributed by atoms with E-state index in [0.717, 1.165) is 29.1 Å². The lowest BCUT2D eigenvalue weighted by Crippen LogP contribution is -2.11. The highest BCUT2D eigenvalue weighted by Crippen LogP contribution is 2.31. The minimum Gasteiger partial charge on any atom is -0.495 e. The molecule has 4 rings (SSSR count). The van der Waals surface area contributed by atoms with Gasteiger partial charge in [0.15, 0.2) is 5.69 Å². The summed E-state index contributed by atoms with van der Waals surface area (Å²) in [6, 6.07) is 11.6. The highest BCUT2D eigenvalue weighted by atomic mass is 19.4. The van der Waals surface area contributed by atoms with Crippen LogP contribution in [0.4, 0.5) is 13.2 Å². The van der Waals surface area contributed by atoms with Gasteiger partial charge in [-0.15, -0.1) is 0 Å². The average Bonchev–Trinajstić information content (AvgIpc) is 3.29. The van der Waals surface area contributed by atoms with E-state index < -0.39 is 17.7 Å². The van der Waals surface area contributed by atoms with Gasteiger partial charge < -0.3 is 14.0 Å². The van der Waals surface area contributed by atoms with E-state index in [1.54, 1.807) is 20.4 Å². The molecule has 0 saturated heterocycles. The quantitative estimate of drug-likeness (QED) is 0.318. The first-order valence-electron chi connectivity index (χ1n) is 11.1. The minimum atomic E-state index is -4.45. The van der Waals surface area contributed by atoms with Crippen molar-refractivity contribution in [2.75, 3.05) is 13.7 Å². The Morgan fingerprint density at radius 2 is 1.81 bits per heavy atom. The summed E-state index contributed by atoms with van der Waals surface area (Å²) in [6.45, 7) is 3.71. The zero-order chi connectivity index (χ0) is 25.9. The second-order valence-corrected chi connectivity index (χ2v) is 7.96. The molecule has 0 fully saturated rings. The van der Waals surface area contributed by atoms with Crippen molar-refractivity contribution in [1.29, 1.82) is 0 Å². The molecule has 0 aliphatic rings. The fourth-order valence-corrected chi connectivity index (χ4v) is 3.64. The van der Waals surface area contributed by atoms with E-state index in [1.807, 2.05) is 35.9 Å². The minimum absolute atomic E-state index is 0.0224. The van der Waals surface area contributed by atoms with Crippen LogP contribution in [-0.4, -0.2) is 39.2 Å². The third-order valence-corrected chi connectivity index (χ3v) is 5.36. The fourth-order valence-electron chi connectivity index (χ4n) is 3.64. The number of carbonyl (C=O) groups is 1. The molecule has 0 unspecified atom stereocenters. The molecule has 0 radical (unpaired) electrons. The Labute approximate surface area is 205 Å². The number of esters is 1. The number of hydrogen-bond donors (Lipinski definition) is 0. The second-order valence-electron chi connectivity index (χ2n) is 7.96. The molecule has 7 nitrogen and oxygen atoms in total. The van der Waals surface area contributed by atoms with Crippen LogP contribution in [0.3, 0.4) is 0 Å². The Balaban J connectivity index is 1.70. The number of halogens is 3.